The summed E-state index contributed by atoms with van der Waals surface area (Å²) in [4.78, 5) is 19.8. The van der Waals surface area contributed by atoms with E-state index in [1.54, 1.807) is 44.4 Å². The summed E-state index contributed by atoms with van der Waals surface area (Å²) in [5.41, 5.74) is 2.51. The zero-order valence-corrected chi connectivity index (χ0v) is 19.4. The third-order valence-electron chi connectivity index (χ3n) is 5.00. The van der Waals surface area contributed by atoms with Crippen molar-refractivity contribution in [2.24, 2.45) is 4.99 Å². The Bertz CT molecular complexity index is 1220. The van der Waals surface area contributed by atoms with Gasteiger partial charge in [-0.15, -0.1) is 0 Å². The molecule has 0 spiro atoms. The van der Waals surface area contributed by atoms with E-state index < -0.39 is 0 Å². The number of hydrogen-bond donors (Lipinski definition) is 0. The molecule has 32 heavy (non-hydrogen) atoms. The first-order valence-electron chi connectivity index (χ1n) is 9.81. The van der Waals surface area contributed by atoms with Crippen LogP contribution in [0.5, 0.6) is 17.2 Å². The minimum absolute atomic E-state index is 0.233. The Morgan fingerprint density at radius 2 is 1.53 bits per heavy atom. The van der Waals surface area contributed by atoms with Gasteiger partial charge in [-0.2, -0.15) is 0 Å². The van der Waals surface area contributed by atoms with Crippen LogP contribution in [0.15, 0.2) is 81.9 Å². The number of methoxy groups -OCH3 is 3. The zero-order chi connectivity index (χ0) is 22.7. The van der Waals surface area contributed by atoms with Gasteiger partial charge in [-0.3, -0.25) is 9.69 Å². The van der Waals surface area contributed by atoms with Crippen molar-refractivity contribution in [1.29, 1.82) is 0 Å². The zero-order valence-electron chi connectivity index (χ0n) is 17.8. The van der Waals surface area contributed by atoms with Crippen molar-refractivity contribution < 1.29 is 19.0 Å². The normalized spacial score (nSPS) is 14.5. The minimum Gasteiger partial charge on any atom is -0.496 e. The van der Waals surface area contributed by atoms with Crippen LogP contribution in [-0.4, -0.2) is 33.1 Å². The highest BCUT2D eigenvalue weighted by Crippen LogP contribution is 2.33. The summed E-state index contributed by atoms with van der Waals surface area (Å²) in [6.45, 7) is 0. The van der Waals surface area contributed by atoms with E-state index in [0.717, 1.165) is 15.6 Å². The molecule has 4 rings (SSSR count). The van der Waals surface area contributed by atoms with Crippen molar-refractivity contribution in [3.63, 3.8) is 0 Å². The molecule has 3 aromatic carbocycles. The van der Waals surface area contributed by atoms with Crippen molar-refractivity contribution in [2.75, 3.05) is 26.2 Å². The van der Waals surface area contributed by atoms with Crippen LogP contribution in [0.3, 0.4) is 0 Å². The summed E-state index contributed by atoms with van der Waals surface area (Å²) in [6.07, 6.45) is 1.73. The van der Waals surface area contributed by atoms with Crippen molar-refractivity contribution in [1.82, 2.24) is 0 Å². The molecule has 1 heterocycles. The molecule has 1 aliphatic rings. The summed E-state index contributed by atoms with van der Waals surface area (Å²) in [7, 11) is 4.75. The van der Waals surface area contributed by atoms with Crippen molar-refractivity contribution >= 4 is 39.4 Å². The van der Waals surface area contributed by atoms with Gasteiger partial charge in [0.2, 0.25) is 0 Å². The van der Waals surface area contributed by atoms with E-state index >= 15 is 0 Å². The first-order chi connectivity index (χ1) is 15.5. The van der Waals surface area contributed by atoms with Gasteiger partial charge in [0.25, 0.3) is 5.91 Å². The monoisotopic (exact) mass is 492 g/mol. The fourth-order valence-corrected chi connectivity index (χ4v) is 3.72. The van der Waals surface area contributed by atoms with Crippen LogP contribution < -0.4 is 19.1 Å². The van der Waals surface area contributed by atoms with Gasteiger partial charge >= 0.3 is 0 Å². The summed E-state index contributed by atoms with van der Waals surface area (Å²) < 4.78 is 17.1. The summed E-state index contributed by atoms with van der Waals surface area (Å²) in [5, 5.41) is 0. The van der Waals surface area contributed by atoms with Crippen LogP contribution in [0.25, 0.3) is 6.08 Å². The van der Waals surface area contributed by atoms with Gasteiger partial charge < -0.3 is 14.2 Å². The van der Waals surface area contributed by atoms with Crippen LogP contribution in [0.4, 0.5) is 5.69 Å². The molecule has 1 aliphatic heterocycles. The molecule has 6 nitrogen and oxygen atoms in total. The molecule has 0 aromatic heterocycles. The van der Waals surface area contributed by atoms with Gasteiger partial charge in [0.1, 0.15) is 11.4 Å². The minimum atomic E-state index is -0.233. The Balaban J connectivity index is 1.84. The molecule has 0 unspecified atom stereocenters. The summed E-state index contributed by atoms with van der Waals surface area (Å²) in [6, 6.07) is 20.5. The predicted molar refractivity (Wildman–Crippen MR) is 129 cm³/mol. The van der Waals surface area contributed by atoms with E-state index in [1.807, 2.05) is 54.6 Å². The first-order valence-corrected chi connectivity index (χ1v) is 10.6. The Labute approximate surface area is 194 Å². The van der Waals surface area contributed by atoms with Gasteiger partial charge in [0, 0.05) is 4.47 Å². The number of anilines is 1. The maximum atomic E-state index is 13.5. The van der Waals surface area contributed by atoms with E-state index in [-0.39, 0.29) is 5.91 Å². The Morgan fingerprint density at radius 1 is 0.844 bits per heavy atom. The molecule has 0 aliphatic carbocycles. The molecule has 0 N–H and O–H groups in total. The lowest BCUT2D eigenvalue weighted by molar-refractivity contribution is -0.113. The maximum absolute atomic E-state index is 13.5. The lowest BCUT2D eigenvalue weighted by atomic mass is 10.1. The largest absolute Gasteiger partial charge is 0.496 e. The highest BCUT2D eigenvalue weighted by atomic mass is 79.9. The van der Waals surface area contributed by atoms with Crippen LogP contribution >= 0.6 is 15.9 Å². The molecule has 0 bridgehead atoms. The molecule has 7 heteroatoms. The molecule has 162 valence electrons. The predicted octanol–water partition coefficient (Wildman–Crippen LogP) is 5.31. The molecule has 0 atom stereocenters. The number of amides is 1. The number of amidine groups is 1. The summed E-state index contributed by atoms with van der Waals surface area (Å²) in [5.74, 6) is 2.09. The molecule has 0 radical (unpaired) electrons. The van der Waals surface area contributed by atoms with E-state index in [2.05, 4.69) is 15.9 Å². The number of carbonyl (C=O) groups excluding carboxylic acids is 1. The molecule has 0 saturated carbocycles. The molecule has 0 fully saturated rings. The highest BCUT2D eigenvalue weighted by molar-refractivity contribution is 9.10. The highest BCUT2D eigenvalue weighted by Gasteiger charge is 2.33. The van der Waals surface area contributed by atoms with Crippen LogP contribution in [0.2, 0.25) is 0 Å². The number of rotatable bonds is 6. The average molecular weight is 493 g/mol. The van der Waals surface area contributed by atoms with Crippen molar-refractivity contribution in [2.45, 2.75) is 0 Å². The number of halogens is 1. The third kappa shape index (κ3) is 4.11. The summed E-state index contributed by atoms with van der Waals surface area (Å²) >= 11 is 3.45. The smallest absolute Gasteiger partial charge is 0.282 e. The van der Waals surface area contributed by atoms with Crippen LogP contribution in [-0.2, 0) is 4.79 Å². The molecule has 1 amide bonds. The Morgan fingerprint density at radius 3 is 2.22 bits per heavy atom. The molecular formula is C25H21BrN2O4. The van der Waals surface area contributed by atoms with Gasteiger partial charge in [0.05, 0.1) is 32.6 Å². The van der Waals surface area contributed by atoms with Gasteiger partial charge in [-0.05, 0) is 60.2 Å². The number of carbonyl (C=O) groups is 1. The van der Waals surface area contributed by atoms with Crippen molar-refractivity contribution in [3.05, 3.63) is 88.0 Å². The van der Waals surface area contributed by atoms with Crippen molar-refractivity contribution in [3.8, 4) is 17.2 Å². The first kappa shape index (κ1) is 21.6. The average Bonchev–Trinajstić information content (AvgIpc) is 3.15. The van der Waals surface area contributed by atoms with Crippen LogP contribution in [0, 0.1) is 0 Å². The second-order valence-corrected chi connectivity index (χ2v) is 7.81. The number of ether oxygens (including phenoxy) is 3. The van der Waals surface area contributed by atoms with Crippen LogP contribution in [0.1, 0.15) is 11.1 Å². The quantitative estimate of drug-likeness (QED) is 0.437. The van der Waals surface area contributed by atoms with Gasteiger partial charge in [-0.1, -0.05) is 34.1 Å². The topological polar surface area (TPSA) is 60.4 Å². The molecule has 3 aromatic rings. The number of benzene rings is 3. The van der Waals surface area contributed by atoms with Gasteiger partial charge in [-0.25, -0.2) is 4.99 Å². The number of hydrogen-bond acceptors (Lipinski definition) is 5. The lowest BCUT2D eigenvalue weighted by Gasteiger charge is -2.20. The third-order valence-corrected chi connectivity index (χ3v) is 5.53. The SMILES string of the molecule is COc1ccc(/C=C2\N=C(c3ccccc3OC)N(c3ccc(Br)cc3)C2=O)cc1OC. The van der Waals surface area contributed by atoms with E-state index in [0.29, 0.717) is 34.5 Å². The second-order valence-electron chi connectivity index (χ2n) is 6.90. The van der Waals surface area contributed by atoms with E-state index in [9.17, 15) is 4.79 Å². The maximum Gasteiger partial charge on any atom is 0.282 e. The second kappa shape index (κ2) is 9.28. The standard InChI is InChI=1S/C25H21BrN2O4/c1-30-21-7-5-4-6-19(21)24-27-20(14-16-8-13-22(31-2)23(15-16)32-3)25(29)28(24)18-11-9-17(26)10-12-18/h4-15H,1-3H3/b20-14-. The fourth-order valence-electron chi connectivity index (χ4n) is 3.46. The molecular weight excluding hydrogens is 472 g/mol. The number of nitrogens with zero attached hydrogens (tertiary/aromatic N) is 2. The lowest BCUT2D eigenvalue weighted by Crippen LogP contribution is -2.32. The Kier molecular flexibility index (Phi) is 6.28. The number of aliphatic imine (C=N–C) groups is 1. The van der Waals surface area contributed by atoms with E-state index in [1.165, 1.54) is 0 Å². The fraction of sp³-hybridized carbons (Fsp3) is 0.120. The van der Waals surface area contributed by atoms with E-state index in [4.69, 9.17) is 19.2 Å². The van der Waals surface area contributed by atoms with Gasteiger partial charge in [0.15, 0.2) is 17.3 Å². The number of para-hydroxylation sites is 1. The molecule has 0 saturated heterocycles. The Hall–Kier alpha value is -3.58.